The summed E-state index contributed by atoms with van der Waals surface area (Å²) in [6.45, 7) is 7.23. The molecule has 3 aromatic rings. The highest BCUT2D eigenvalue weighted by Gasteiger charge is 2.27. The van der Waals surface area contributed by atoms with Crippen molar-refractivity contribution < 1.29 is 13.7 Å². The van der Waals surface area contributed by atoms with Gasteiger partial charge in [-0.25, -0.2) is 9.38 Å². The second kappa shape index (κ2) is 8.17. The number of morpholine rings is 1. The van der Waals surface area contributed by atoms with Gasteiger partial charge in [0.2, 0.25) is 0 Å². The number of ether oxygens (including phenoxy) is 1. The molecule has 0 spiro atoms. The van der Waals surface area contributed by atoms with Gasteiger partial charge in [-0.15, -0.1) is 0 Å². The van der Waals surface area contributed by atoms with Crippen molar-refractivity contribution in [2.45, 2.75) is 19.3 Å². The minimum Gasteiger partial charge on any atom is -0.378 e. The molecule has 4 rings (SSSR count). The lowest BCUT2D eigenvalue weighted by Crippen LogP contribution is -2.34. The highest BCUT2D eigenvalue weighted by atomic mass is 19.1. The van der Waals surface area contributed by atoms with E-state index in [4.69, 9.17) is 9.26 Å². The van der Waals surface area contributed by atoms with Gasteiger partial charge in [-0.2, -0.15) is 0 Å². The summed E-state index contributed by atoms with van der Waals surface area (Å²) in [5.74, 6) is 0.251. The lowest BCUT2D eigenvalue weighted by atomic mass is 9.81. The molecule has 29 heavy (non-hydrogen) atoms. The highest BCUT2D eigenvalue weighted by molar-refractivity contribution is 5.65. The van der Waals surface area contributed by atoms with Crippen LogP contribution in [-0.4, -0.2) is 42.7 Å². The molecule has 150 valence electrons. The fourth-order valence-electron chi connectivity index (χ4n) is 3.36. The molecular weight excluding hydrogens is 369 g/mol. The SMILES string of the molecule is CC(C)(c1ccc(-c2ccccc2F)cc1)c1cc(N=CN2CCOCC2)on1. The summed E-state index contributed by atoms with van der Waals surface area (Å²) in [5, 5.41) is 4.23. The second-order valence-electron chi connectivity index (χ2n) is 7.63. The summed E-state index contributed by atoms with van der Waals surface area (Å²) >= 11 is 0. The molecule has 0 amide bonds. The lowest BCUT2D eigenvalue weighted by molar-refractivity contribution is 0.0700. The Labute approximate surface area is 169 Å². The quantitative estimate of drug-likeness (QED) is 0.462. The van der Waals surface area contributed by atoms with Gasteiger partial charge >= 0.3 is 0 Å². The number of aromatic nitrogens is 1. The Balaban J connectivity index is 1.51. The van der Waals surface area contributed by atoms with E-state index >= 15 is 0 Å². The fourth-order valence-corrected chi connectivity index (χ4v) is 3.36. The molecule has 0 aliphatic carbocycles. The van der Waals surface area contributed by atoms with E-state index in [2.05, 4.69) is 28.9 Å². The summed E-state index contributed by atoms with van der Waals surface area (Å²) in [4.78, 5) is 6.49. The molecule has 1 fully saturated rings. The van der Waals surface area contributed by atoms with E-state index in [0.717, 1.165) is 29.9 Å². The third-order valence-electron chi connectivity index (χ3n) is 5.32. The summed E-state index contributed by atoms with van der Waals surface area (Å²) < 4.78 is 24.8. The van der Waals surface area contributed by atoms with Crippen molar-refractivity contribution in [1.29, 1.82) is 0 Å². The molecule has 0 atom stereocenters. The average molecular weight is 393 g/mol. The van der Waals surface area contributed by atoms with E-state index in [0.29, 0.717) is 24.7 Å². The predicted molar refractivity (Wildman–Crippen MR) is 111 cm³/mol. The van der Waals surface area contributed by atoms with Crippen molar-refractivity contribution in [2.75, 3.05) is 26.3 Å². The normalized spacial score (nSPS) is 15.2. The number of benzene rings is 2. The number of hydrogen-bond donors (Lipinski definition) is 0. The van der Waals surface area contributed by atoms with Crippen LogP contribution >= 0.6 is 0 Å². The minimum absolute atomic E-state index is 0.223. The third-order valence-corrected chi connectivity index (χ3v) is 5.32. The topological polar surface area (TPSA) is 50.9 Å². The van der Waals surface area contributed by atoms with E-state index in [1.165, 1.54) is 6.07 Å². The molecule has 1 aliphatic rings. The van der Waals surface area contributed by atoms with Crippen LogP contribution in [0.15, 0.2) is 64.1 Å². The molecule has 2 heterocycles. The van der Waals surface area contributed by atoms with Crippen LogP contribution in [0.1, 0.15) is 25.1 Å². The second-order valence-corrected chi connectivity index (χ2v) is 7.63. The van der Waals surface area contributed by atoms with E-state index in [1.807, 2.05) is 36.4 Å². The van der Waals surface area contributed by atoms with E-state index < -0.39 is 0 Å². The maximum Gasteiger partial charge on any atom is 0.252 e. The highest BCUT2D eigenvalue weighted by Crippen LogP contribution is 2.34. The van der Waals surface area contributed by atoms with E-state index in [1.54, 1.807) is 18.5 Å². The van der Waals surface area contributed by atoms with Crippen molar-refractivity contribution in [3.05, 3.63) is 71.7 Å². The molecule has 1 aromatic heterocycles. The van der Waals surface area contributed by atoms with Gasteiger partial charge in [0.25, 0.3) is 5.88 Å². The number of halogens is 1. The molecule has 6 heteroatoms. The van der Waals surface area contributed by atoms with Crippen molar-refractivity contribution in [1.82, 2.24) is 10.1 Å². The van der Waals surface area contributed by atoms with Gasteiger partial charge in [-0.1, -0.05) is 61.5 Å². The zero-order chi connectivity index (χ0) is 20.3. The Morgan fingerprint density at radius 2 is 1.79 bits per heavy atom. The van der Waals surface area contributed by atoms with Crippen LogP contribution in [0, 0.1) is 5.82 Å². The first kappa shape index (κ1) is 19.3. The van der Waals surface area contributed by atoms with E-state index in [9.17, 15) is 4.39 Å². The van der Waals surface area contributed by atoms with Crippen molar-refractivity contribution in [3.8, 4) is 11.1 Å². The monoisotopic (exact) mass is 393 g/mol. The molecule has 5 nitrogen and oxygen atoms in total. The van der Waals surface area contributed by atoms with E-state index in [-0.39, 0.29) is 11.2 Å². The average Bonchev–Trinajstić information content (AvgIpc) is 3.24. The van der Waals surface area contributed by atoms with Gasteiger partial charge in [0.15, 0.2) is 0 Å². The Bertz CT molecular complexity index is 989. The molecule has 1 aliphatic heterocycles. The largest absolute Gasteiger partial charge is 0.378 e. The smallest absolute Gasteiger partial charge is 0.252 e. The molecule has 2 aromatic carbocycles. The molecular formula is C23H24FN3O2. The molecule has 0 radical (unpaired) electrons. The standard InChI is InChI=1S/C23H24FN3O2/c1-23(2,18-9-7-17(8-10-18)19-5-3-4-6-20(19)24)21-15-22(29-26-21)25-16-27-11-13-28-14-12-27/h3-10,15-16H,11-14H2,1-2H3. The van der Waals surface area contributed by atoms with Gasteiger partial charge in [-0.3, -0.25) is 0 Å². The first-order valence-electron chi connectivity index (χ1n) is 9.73. The van der Waals surface area contributed by atoms with Crippen molar-refractivity contribution >= 4 is 12.2 Å². The van der Waals surface area contributed by atoms with Crippen LogP contribution in [0.25, 0.3) is 11.1 Å². The van der Waals surface area contributed by atoms with Crippen molar-refractivity contribution in [2.24, 2.45) is 4.99 Å². The maximum atomic E-state index is 14.0. The van der Waals surface area contributed by atoms with Crippen LogP contribution in [-0.2, 0) is 10.2 Å². The number of rotatable bonds is 5. The predicted octanol–water partition coefficient (Wildman–Crippen LogP) is 4.80. The molecule has 0 bridgehead atoms. The fraction of sp³-hybridized carbons (Fsp3) is 0.304. The molecule has 0 unspecified atom stereocenters. The number of hydrogen-bond acceptors (Lipinski definition) is 4. The molecule has 0 N–H and O–H groups in total. The Hall–Kier alpha value is -2.99. The number of aliphatic imine (C=N–C) groups is 1. The van der Waals surface area contributed by atoms with Gasteiger partial charge in [0.1, 0.15) is 5.82 Å². The Kier molecular flexibility index (Phi) is 5.45. The zero-order valence-corrected chi connectivity index (χ0v) is 16.6. The van der Waals surface area contributed by atoms with Crippen LogP contribution in [0.3, 0.4) is 0 Å². The summed E-state index contributed by atoms with van der Waals surface area (Å²) in [5.41, 5.74) is 2.93. The maximum absolute atomic E-state index is 14.0. The first-order chi connectivity index (χ1) is 14.0. The van der Waals surface area contributed by atoms with Crippen LogP contribution < -0.4 is 0 Å². The Morgan fingerprint density at radius 3 is 2.52 bits per heavy atom. The summed E-state index contributed by atoms with van der Waals surface area (Å²) in [6.07, 6.45) is 1.78. The number of nitrogens with zero attached hydrogens (tertiary/aromatic N) is 3. The molecule has 1 saturated heterocycles. The van der Waals surface area contributed by atoms with Crippen molar-refractivity contribution in [3.63, 3.8) is 0 Å². The first-order valence-corrected chi connectivity index (χ1v) is 9.73. The van der Waals surface area contributed by atoms with Gasteiger partial charge in [0.05, 0.1) is 25.2 Å². The van der Waals surface area contributed by atoms with Crippen LogP contribution in [0.4, 0.5) is 10.3 Å². The van der Waals surface area contributed by atoms with Crippen LogP contribution in [0.5, 0.6) is 0 Å². The van der Waals surface area contributed by atoms with Gasteiger partial charge in [-0.05, 0) is 17.2 Å². The van der Waals surface area contributed by atoms with Gasteiger partial charge < -0.3 is 14.2 Å². The minimum atomic E-state index is -0.371. The van der Waals surface area contributed by atoms with Crippen LogP contribution in [0.2, 0.25) is 0 Å². The summed E-state index contributed by atoms with van der Waals surface area (Å²) in [6, 6.07) is 16.5. The Morgan fingerprint density at radius 1 is 1.07 bits per heavy atom. The molecule has 0 saturated carbocycles. The zero-order valence-electron chi connectivity index (χ0n) is 16.6. The lowest BCUT2D eigenvalue weighted by Gasteiger charge is -2.23. The van der Waals surface area contributed by atoms with Gasteiger partial charge in [0, 0.05) is 30.1 Å². The third kappa shape index (κ3) is 4.22. The summed E-state index contributed by atoms with van der Waals surface area (Å²) in [7, 11) is 0.